The molecule has 110 valence electrons. The first-order chi connectivity index (χ1) is 9.30. The van der Waals surface area contributed by atoms with Gasteiger partial charge in [0.25, 0.3) is 0 Å². The molecule has 0 amide bonds. The van der Waals surface area contributed by atoms with Crippen molar-refractivity contribution in [1.82, 2.24) is 10.2 Å². The van der Waals surface area contributed by atoms with Crippen LogP contribution in [0.25, 0.3) is 0 Å². The van der Waals surface area contributed by atoms with Crippen molar-refractivity contribution in [3.05, 3.63) is 0 Å². The third-order valence-electron chi connectivity index (χ3n) is 4.83. The van der Waals surface area contributed by atoms with Gasteiger partial charge >= 0.3 is 0 Å². The standard InChI is InChI=1S/C15H28N2O2/c1-2-16-10-15(6-3-7-18-12-15)11-17-8-13-4-5-14(9-17)19-13/h13-14,16H,2-12H2,1H3. The normalized spacial score (nSPS) is 39.6. The Bertz CT molecular complexity index is 280. The zero-order valence-corrected chi connectivity index (χ0v) is 12.2. The van der Waals surface area contributed by atoms with Crippen molar-refractivity contribution in [2.45, 2.75) is 44.8 Å². The van der Waals surface area contributed by atoms with Gasteiger partial charge in [0, 0.05) is 38.2 Å². The molecular weight excluding hydrogens is 240 g/mol. The van der Waals surface area contributed by atoms with Crippen molar-refractivity contribution in [2.75, 3.05) is 45.9 Å². The highest BCUT2D eigenvalue weighted by atomic mass is 16.5. The minimum atomic E-state index is 0.324. The number of rotatable bonds is 5. The van der Waals surface area contributed by atoms with Gasteiger partial charge in [0.15, 0.2) is 0 Å². The number of nitrogens with one attached hydrogen (secondary N) is 1. The van der Waals surface area contributed by atoms with Crippen molar-refractivity contribution >= 4 is 0 Å². The van der Waals surface area contributed by atoms with E-state index in [1.807, 2.05) is 0 Å². The second-order valence-electron chi connectivity index (χ2n) is 6.59. The van der Waals surface area contributed by atoms with E-state index in [0.29, 0.717) is 17.6 Å². The van der Waals surface area contributed by atoms with Gasteiger partial charge in [-0.2, -0.15) is 0 Å². The van der Waals surface area contributed by atoms with Gasteiger partial charge in [-0.15, -0.1) is 0 Å². The molecule has 0 aromatic carbocycles. The van der Waals surface area contributed by atoms with Crippen LogP contribution >= 0.6 is 0 Å². The number of hydrogen-bond acceptors (Lipinski definition) is 4. The van der Waals surface area contributed by atoms with Gasteiger partial charge in [-0.1, -0.05) is 6.92 Å². The van der Waals surface area contributed by atoms with E-state index in [0.717, 1.165) is 39.4 Å². The Kier molecular flexibility index (Phi) is 4.42. The van der Waals surface area contributed by atoms with E-state index in [1.165, 1.54) is 32.2 Å². The Balaban J connectivity index is 1.60. The molecule has 3 aliphatic rings. The summed E-state index contributed by atoms with van der Waals surface area (Å²) < 4.78 is 11.7. The summed E-state index contributed by atoms with van der Waals surface area (Å²) in [5.41, 5.74) is 0.324. The molecule has 3 fully saturated rings. The molecule has 4 nitrogen and oxygen atoms in total. The van der Waals surface area contributed by atoms with E-state index >= 15 is 0 Å². The van der Waals surface area contributed by atoms with Gasteiger partial charge < -0.3 is 14.8 Å². The lowest BCUT2D eigenvalue weighted by Gasteiger charge is -2.43. The van der Waals surface area contributed by atoms with Gasteiger partial charge in [-0.3, -0.25) is 4.90 Å². The molecule has 3 unspecified atom stereocenters. The van der Waals surface area contributed by atoms with Gasteiger partial charge in [0.05, 0.1) is 18.8 Å². The molecule has 3 heterocycles. The highest BCUT2D eigenvalue weighted by molar-refractivity contribution is 4.92. The fourth-order valence-corrected chi connectivity index (χ4v) is 3.92. The molecule has 3 aliphatic heterocycles. The molecule has 4 heteroatoms. The maximum atomic E-state index is 5.94. The summed E-state index contributed by atoms with van der Waals surface area (Å²) in [7, 11) is 0. The van der Waals surface area contributed by atoms with Crippen LogP contribution in [-0.2, 0) is 9.47 Å². The minimum Gasteiger partial charge on any atom is -0.381 e. The Hall–Kier alpha value is -0.160. The third kappa shape index (κ3) is 3.30. The van der Waals surface area contributed by atoms with Crippen LogP contribution in [0.5, 0.6) is 0 Å². The summed E-state index contributed by atoms with van der Waals surface area (Å²) in [6, 6.07) is 0. The number of ether oxygens (including phenoxy) is 2. The number of fused-ring (bicyclic) bond motifs is 2. The van der Waals surface area contributed by atoms with E-state index in [1.54, 1.807) is 0 Å². The highest BCUT2D eigenvalue weighted by Crippen LogP contribution is 2.33. The predicted octanol–water partition coefficient (Wildman–Crippen LogP) is 1.26. The maximum absolute atomic E-state index is 5.94. The summed E-state index contributed by atoms with van der Waals surface area (Å²) >= 11 is 0. The van der Waals surface area contributed by atoms with Gasteiger partial charge in [0.2, 0.25) is 0 Å². The van der Waals surface area contributed by atoms with Crippen molar-refractivity contribution in [1.29, 1.82) is 0 Å². The molecule has 0 aromatic rings. The first kappa shape index (κ1) is 13.8. The molecule has 3 saturated heterocycles. The number of likely N-dealkylation sites (tertiary alicyclic amines) is 1. The van der Waals surface area contributed by atoms with Crippen LogP contribution in [0.3, 0.4) is 0 Å². The fourth-order valence-electron chi connectivity index (χ4n) is 3.92. The zero-order valence-electron chi connectivity index (χ0n) is 12.2. The second kappa shape index (κ2) is 6.08. The quantitative estimate of drug-likeness (QED) is 0.814. The van der Waals surface area contributed by atoms with Crippen LogP contribution in [0.15, 0.2) is 0 Å². The smallest absolute Gasteiger partial charge is 0.0707 e. The second-order valence-corrected chi connectivity index (χ2v) is 6.59. The van der Waals surface area contributed by atoms with E-state index in [-0.39, 0.29) is 0 Å². The first-order valence-corrected chi connectivity index (χ1v) is 7.96. The van der Waals surface area contributed by atoms with Crippen molar-refractivity contribution < 1.29 is 9.47 Å². The van der Waals surface area contributed by atoms with Gasteiger partial charge in [-0.25, -0.2) is 0 Å². The average molecular weight is 268 g/mol. The van der Waals surface area contributed by atoms with E-state index in [4.69, 9.17) is 9.47 Å². The molecule has 3 rings (SSSR count). The first-order valence-electron chi connectivity index (χ1n) is 7.96. The third-order valence-corrected chi connectivity index (χ3v) is 4.83. The molecule has 0 spiro atoms. The molecule has 0 radical (unpaired) electrons. The minimum absolute atomic E-state index is 0.324. The fraction of sp³-hybridized carbons (Fsp3) is 1.00. The molecule has 3 atom stereocenters. The monoisotopic (exact) mass is 268 g/mol. The van der Waals surface area contributed by atoms with Crippen LogP contribution in [-0.4, -0.2) is 63.0 Å². The SMILES string of the molecule is CCNCC1(CN2CC3CCC(C2)O3)CCCOC1. The van der Waals surface area contributed by atoms with Crippen LogP contribution in [0.2, 0.25) is 0 Å². The maximum Gasteiger partial charge on any atom is 0.0707 e. The molecule has 1 N–H and O–H groups in total. The molecule has 0 saturated carbocycles. The van der Waals surface area contributed by atoms with Crippen molar-refractivity contribution in [3.8, 4) is 0 Å². The van der Waals surface area contributed by atoms with Gasteiger partial charge in [-0.05, 0) is 32.2 Å². The Morgan fingerprint density at radius 1 is 1.26 bits per heavy atom. The average Bonchev–Trinajstić information content (AvgIpc) is 2.77. The van der Waals surface area contributed by atoms with Crippen LogP contribution in [0, 0.1) is 5.41 Å². The summed E-state index contributed by atoms with van der Waals surface area (Å²) in [6.45, 7) is 9.64. The lowest BCUT2D eigenvalue weighted by atomic mass is 9.81. The summed E-state index contributed by atoms with van der Waals surface area (Å²) in [6.07, 6.45) is 6.03. The Morgan fingerprint density at radius 3 is 2.68 bits per heavy atom. The highest BCUT2D eigenvalue weighted by Gasteiger charge is 2.39. The topological polar surface area (TPSA) is 33.7 Å². The summed E-state index contributed by atoms with van der Waals surface area (Å²) in [4.78, 5) is 2.64. The van der Waals surface area contributed by atoms with Crippen LogP contribution < -0.4 is 5.32 Å². The largest absolute Gasteiger partial charge is 0.381 e. The van der Waals surface area contributed by atoms with Crippen molar-refractivity contribution in [2.24, 2.45) is 5.41 Å². The summed E-state index contributed by atoms with van der Waals surface area (Å²) in [5.74, 6) is 0. The Labute approximate surface area is 116 Å². The van der Waals surface area contributed by atoms with E-state index in [2.05, 4.69) is 17.1 Å². The number of hydrogen-bond donors (Lipinski definition) is 1. The van der Waals surface area contributed by atoms with E-state index in [9.17, 15) is 0 Å². The zero-order chi connectivity index (χ0) is 13.1. The van der Waals surface area contributed by atoms with Crippen molar-refractivity contribution in [3.63, 3.8) is 0 Å². The lowest BCUT2D eigenvalue weighted by Crippen LogP contribution is -2.53. The molecule has 2 bridgehead atoms. The number of morpholine rings is 1. The number of nitrogens with zero attached hydrogens (tertiary/aromatic N) is 1. The Morgan fingerprint density at radius 2 is 2.05 bits per heavy atom. The molecule has 19 heavy (non-hydrogen) atoms. The molecule has 0 aromatic heterocycles. The molecular formula is C15H28N2O2. The van der Waals surface area contributed by atoms with Crippen LogP contribution in [0.1, 0.15) is 32.6 Å². The lowest BCUT2D eigenvalue weighted by molar-refractivity contribution is -0.0744. The van der Waals surface area contributed by atoms with Gasteiger partial charge in [0.1, 0.15) is 0 Å². The van der Waals surface area contributed by atoms with E-state index < -0.39 is 0 Å². The van der Waals surface area contributed by atoms with Crippen LogP contribution in [0.4, 0.5) is 0 Å². The predicted molar refractivity (Wildman–Crippen MR) is 75.4 cm³/mol. The summed E-state index contributed by atoms with van der Waals surface area (Å²) in [5, 5.41) is 3.55. The molecule has 0 aliphatic carbocycles.